The Balaban J connectivity index is 2.23. The van der Waals surface area contributed by atoms with Crippen molar-refractivity contribution >= 4 is 38.5 Å². The summed E-state index contributed by atoms with van der Waals surface area (Å²) in [5.41, 5.74) is 0.479. The van der Waals surface area contributed by atoms with Crippen LogP contribution >= 0.6 is 11.8 Å². The Hall–Kier alpha value is -1.54. The zero-order valence-corrected chi connectivity index (χ0v) is 11.1. The third-order valence-electron chi connectivity index (χ3n) is 2.23. The molecular formula is C10H11N3O3S2. The number of para-hydroxylation sites is 1. The summed E-state index contributed by atoms with van der Waals surface area (Å²) in [5, 5.41) is 5.54. The lowest BCUT2D eigenvalue weighted by Gasteiger charge is -2.16. The van der Waals surface area contributed by atoms with Crippen LogP contribution in [0.25, 0.3) is 0 Å². The van der Waals surface area contributed by atoms with Crippen LogP contribution in [0.5, 0.6) is 0 Å². The number of hydrogen-bond donors (Lipinski definition) is 2. The molecule has 1 aliphatic heterocycles. The monoisotopic (exact) mass is 285 g/mol. The molecule has 8 heteroatoms. The second-order valence-electron chi connectivity index (χ2n) is 3.45. The number of sulfonamides is 1. The van der Waals surface area contributed by atoms with Crippen molar-refractivity contribution in [2.45, 2.75) is 4.90 Å². The molecule has 1 aromatic carbocycles. The van der Waals surface area contributed by atoms with Gasteiger partial charge in [-0.3, -0.25) is 4.79 Å². The molecule has 1 aromatic rings. The summed E-state index contributed by atoms with van der Waals surface area (Å²) < 4.78 is 27.3. The molecule has 2 rings (SSSR count). The number of rotatable bonds is 2. The Kier molecular flexibility index (Phi) is 3.58. The summed E-state index contributed by atoms with van der Waals surface area (Å²) in [6.07, 6.45) is 0. The van der Waals surface area contributed by atoms with Crippen molar-refractivity contribution in [2.24, 2.45) is 4.40 Å². The minimum atomic E-state index is -3.67. The van der Waals surface area contributed by atoms with Gasteiger partial charge in [-0.1, -0.05) is 23.9 Å². The first-order chi connectivity index (χ1) is 8.53. The highest BCUT2D eigenvalue weighted by Gasteiger charge is 2.24. The molecule has 0 atom stereocenters. The van der Waals surface area contributed by atoms with Crippen molar-refractivity contribution in [3.63, 3.8) is 0 Å². The smallest absolute Gasteiger partial charge is 0.286 e. The lowest BCUT2D eigenvalue weighted by Crippen LogP contribution is -2.24. The van der Waals surface area contributed by atoms with Gasteiger partial charge < -0.3 is 10.6 Å². The molecule has 1 amide bonds. The van der Waals surface area contributed by atoms with Gasteiger partial charge in [-0.25, -0.2) is 0 Å². The first kappa shape index (κ1) is 12.9. The van der Waals surface area contributed by atoms with E-state index in [4.69, 9.17) is 0 Å². The van der Waals surface area contributed by atoms with Crippen LogP contribution < -0.4 is 10.6 Å². The van der Waals surface area contributed by atoms with Crippen molar-refractivity contribution < 1.29 is 13.2 Å². The van der Waals surface area contributed by atoms with E-state index < -0.39 is 10.0 Å². The summed E-state index contributed by atoms with van der Waals surface area (Å²) in [6, 6.07) is 6.51. The molecule has 0 fully saturated rings. The normalized spacial score (nSPS) is 16.2. The number of thioether (sulfide) groups is 1. The fraction of sp³-hybridized carbons (Fsp3) is 0.200. The van der Waals surface area contributed by atoms with E-state index in [0.717, 1.165) is 11.8 Å². The molecule has 0 aromatic heterocycles. The van der Waals surface area contributed by atoms with Crippen molar-refractivity contribution in [3.8, 4) is 0 Å². The van der Waals surface area contributed by atoms with Crippen LogP contribution in [-0.2, 0) is 14.8 Å². The van der Waals surface area contributed by atoms with Crippen molar-refractivity contribution in [3.05, 3.63) is 24.3 Å². The van der Waals surface area contributed by atoms with Gasteiger partial charge in [0.25, 0.3) is 10.0 Å². The van der Waals surface area contributed by atoms with Crippen LogP contribution in [0.3, 0.4) is 0 Å². The molecule has 96 valence electrons. The van der Waals surface area contributed by atoms with Gasteiger partial charge in [-0.2, -0.15) is 8.42 Å². The highest BCUT2D eigenvalue weighted by molar-refractivity contribution is 8.15. The van der Waals surface area contributed by atoms with E-state index in [1.807, 2.05) is 0 Å². The first-order valence-electron chi connectivity index (χ1n) is 5.07. The molecule has 0 radical (unpaired) electrons. The van der Waals surface area contributed by atoms with Crippen molar-refractivity contribution in [2.75, 3.05) is 18.1 Å². The Morgan fingerprint density at radius 1 is 1.44 bits per heavy atom. The van der Waals surface area contributed by atoms with Crippen LogP contribution in [0.1, 0.15) is 0 Å². The van der Waals surface area contributed by atoms with Crippen LogP contribution in [0.4, 0.5) is 5.69 Å². The van der Waals surface area contributed by atoms with Gasteiger partial charge in [0.2, 0.25) is 5.91 Å². The van der Waals surface area contributed by atoms with Gasteiger partial charge in [0.1, 0.15) is 4.90 Å². The Morgan fingerprint density at radius 3 is 2.89 bits per heavy atom. The van der Waals surface area contributed by atoms with E-state index in [1.165, 1.54) is 13.1 Å². The molecule has 0 unspecified atom stereocenters. The second kappa shape index (κ2) is 4.99. The van der Waals surface area contributed by atoms with Gasteiger partial charge in [-0.15, -0.1) is 4.40 Å². The summed E-state index contributed by atoms with van der Waals surface area (Å²) in [6.45, 7) is 0. The van der Waals surface area contributed by atoms with Crippen LogP contribution in [-0.4, -0.2) is 32.3 Å². The van der Waals surface area contributed by atoms with Crippen LogP contribution in [0.15, 0.2) is 33.6 Å². The number of fused-ring (bicyclic) bond motifs is 1. The molecule has 0 aliphatic carbocycles. The molecule has 6 nitrogen and oxygen atoms in total. The summed E-state index contributed by atoms with van der Waals surface area (Å²) >= 11 is 1.04. The largest absolute Gasteiger partial charge is 0.358 e. The molecule has 1 heterocycles. The molecular weight excluding hydrogens is 274 g/mol. The Morgan fingerprint density at radius 2 is 2.17 bits per heavy atom. The third kappa shape index (κ3) is 2.65. The van der Waals surface area contributed by atoms with Crippen molar-refractivity contribution in [1.82, 2.24) is 5.32 Å². The molecule has 1 aliphatic rings. The number of benzene rings is 1. The summed E-state index contributed by atoms with van der Waals surface area (Å²) in [7, 11) is -2.15. The van der Waals surface area contributed by atoms with Gasteiger partial charge in [0.15, 0.2) is 5.17 Å². The standard InChI is InChI=1S/C10H11N3O3S2/c1-11-9(14)6-17-10-12-7-4-2-3-5-8(7)18(15,16)13-10/h2-5H,6H2,1H3,(H,11,14)(H,12,13). The van der Waals surface area contributed by atoms with E-state index in [-0.39, 0.29) is 21.7 Å². The average molecular weight is 285 g/mol. The van der Waals surface area contributed by atoms with Gasteiger partial charge >= 0.3 is 0 Å². The zero-order valence-electron chi connectivity index (χ0n) is 9.50. The molecule has 0 bridgehead atoms. The molecule has 2 N–H and O–H groups in total. The van der Waals surface area contributed by atoms with E-state index >= 15 is 0 Å². The molecule has 0 saturated heterocycles. The van der Waals surface area contributed by atoms with Crippen LogP contribution in [0.2, 0.25) is 0 Å². The number of nitrogens with zero attached hydrogens (tertiary/aromatic N) is 1. The number of amides is 1. The third-order valence-corrected chi connectivity index (χ3v) is 4.55. The highest BCUT2D eigenvalue weighted by Crippen LogP contribution is 2.28. The van der Waals surface area contributed by atoms with Crippen molar-refractivity contribution in [1.29, 1.82) is 0 Å². The maximum Gasteiger partial charge on any atom is 0.286 e. The topological polar surface area (TPSA) is 87.6 Å². The minimum absolute atomic E-state index is 0.111. The number of carbonyl (C=O) groups is 1. The molecule has 0 saturated carbocycles. The summed E-state index contributed by atoms with van der Waals surface area (Å²) in [5.74, 6) is -0.0826. The van der Waals surface area contributed by atoms with E-state index in [1.54, 1.807) is 18.2 Å². The first-order valence-corrected chi connectivity index (χ1v) is 7.50. The number of nitrogens with one attached hydrogen (secondary N) is 2. The Labute approximate surface area is 109 Å². The van der Waals surface area contributed by atoms with E-state index in [0.29, 0.717) is 5.69 Å². The Bertz CT molecular complexity index is 611. The lowest BCUT2D eigenvalue weighted by molar-refractivity contribution is -0.118. The molecule has 0 spiro atoms. The fourth-order valence-corrected chi connectivity index (χ4v) is 3.47. The highest BCUT2D eigenvalue weighted by atomic mass is 32.2. The number of carbonyl (C=O) groups excluding carboxylic acids is 1. The lowest BCUT2D eigenvalue weighted by atomic mass is 10.3. The predicted octanol–water partition coefficient (Wildman–Crippen LogP) is 0.636. The maximum absolute atomic E-state index is 11.9. The number of amidine groups is 1. The zero-order chi connectivity index (χ0) is 13.2. The summed E-state index contributed by atoms with van der Waals surface area (Å²) in [4.78, 5) is 11.2. The van der Waals surface area contributed by atoms with Crippen LogP contribution in [0, 0.1) is 0 Å². The fourth-order valence-electron chi connectivity index (χ4n) is 1.36. The van der Waals surface area contributed by atoms with Gasteiger partial charge in [-0.05, 0) is 12.1 Å². The predicted molar refractivity (Wildman–Crippen MR) is 71.2 cm³/mol. The number of hydrogen-bond acceptors (Lipinski definition) is 5. The quantitative estimate of drug-likeness (QED) is 0.832. The maximum atomic E-state index is 11.9. The number of anilines is 1. The van der Waals surface area contributed by atoms with E-state index in [9.17, 15) is 13.2 Å². The van der Waals surface area contributed by atoms with Gasteiger partial charge in [0.05, 0.1) is 11.4 Å². The average Bonchev–Trinajstić information content (AvgIpc) is 2.35. The molecule has 18 heavy (non-hydrogen) atoms. The minimum Gasteiger partial charge on any atom is -0.358 e. The van der Waals surface area contributed by atoms with E-state index in [2.05, 4.69) is 15.0 Å². The van der Waals surface area contributed by atoms with Gasteiger partial charge in [0, 0.05) is 7.05 Å². The second-order valence-corrected chi connectivity index (χ2v) is 5.99. The SMILES string of the molecule is CNC(=O)CSC1=NS(=O)(=O)c2ccccc2N1.